The van der Waals surface area contributed by atoms with E-state index in [2.05, 4.69) is 17.2 Å². The normalized spacial score (nSPS) is 16.6. The van der Waals surface area contributed by atoms with Gasteiger partial charge in [0.1, 0.15) is 0 Å². The maximum absolute atomic E-state index is 13.3. The van der Waals surface area contributed by atoms with Crippen molar-refractivity contribution in [3.05, 3.63) is 30.0 Å². The van der Waals surface area contributed by atoms with Gasteiger partial charge in [-0.1, -0.05) is 45.4 Å². The number of fused-ring (bicyclic) bond motifs is 1. The molecule has 0 bridgehead atoms. The van der Waals surface area contributed by atoms with Crippen molar-refractivity contribution in [2.45, 2.75) is 83.6 Å². The summed E-state index contributed by atoms with van der Waals surface area (Å²) in [5, 5.41) is 13.5. The maximum Gasteiger partial charge on any atom is 0.254 e. The first-order valence-corrected chi connectivity index (χ1v) is 12.0. The Morgan fingerprint density at radius 1 is 1.13 bits per heavy atom. The second-order valence-electron chi connectivity index (χ2n) is 8.71. The average Bonchev–Trinajstić information content (AvgIpc) is 3.26. The highest BCUT2D eigenvalue weighted by atomic mass is 16.3. The van der Waals surface area contributed by atoms with Crippen LogP contribution in [0.1, 0.15) is 87.9 Å². The Balaban J connectivity index is 1.63. The molecule has 0 radical (unpaired) electrons. The number of nitrogens with one attached hydrogen (secondary N) is 2. The first-order valence-electron chi connectivity index (χ1n) is 12.0. The third-order valence-electron chi connectivity index (χ3n) is 6.29. The van der Waals surface area contributed by atoms with Crippen LogP contribution in [0.15, 0.2) is 24.4 Å². The van der Waals surface area contributed by atoms with Crippen LogP contribution in [0.5, 0.6) is 0 Å². The number of unbranched alkanes of at least 4 members (excludes halogenated alkanes) is 6. The summed E-state index contributed by atoms with van der Waals surface area (Å²) >= 11 is 0. The van der Waals surface area contributed by atoms with Gasteiger partial charge in [-0.05, 0) is 43.9 Å². The third kappa shape index (κ3) is 6.33. The van der Waals surface area contributed by atoms with Crippen LogP contribution in [-0.2, 0) is 4.79 Å². The van der Waals surface area contributed by atoms with E-state index in [4.69, 9.17) is 0 Å². The Labute approximate surface area is 185 Å². The standard InChI is InChI=1S/C25H37N3O3/c1-2-3-4-5-6-7-8-12-24(30)27-19-16-22(21-13-14-26-23(21)17-19)25(31)28-15-10-9-11-20(28)18-29/h13-14,16-17,20,26,29H,2-12,15,18H2,1H3,(H,27,30). The van der Waals surface area contributed by atoms with E-state index in [9.17, 15) is 14.7 Å². The Kier molecular flexibility index (Phi) is 8.95. The predicted molar refractivity (Wildman–Crippen MR) is 125 cm³/mol. The highest BCUT2D eigenvalue weighted by molar-refractivity contribution is 6.09. The summed E-state index contributed by atoms with van der Waals surface area (Å²) < 4.78 is 0. The van der Waals surface area contributed by atoms with Crippen molar-refractivity contribution in [1.29, 1.82) is 0 Å². The van der Waals surface area contributed by atoms with Gasteiger partial charge in [0, 0.05) is 35.8 Å². The SMILES string of the molecule is CCCCCCCCCC(=O)Nc1cc(C(=O)N2CCCCC2CO)c2cc[nH]c2c1. The molecule has 0 saturated carbocycles. The van der Waals surface area contributed by atoms with Gasteiger partial charge in [-0.15, -0.1) is 0 Å². The number of hydrogen-bond donors (Lipinski definition) is 3. The van der Waals surface area contributed by atoms with E-state index in [1.807, 2.05) is 18.3 Å². The van der Waals surface area contributed by atoms with E-state index in [0.29, 0.717) is 24.2 Å². The molecular formula is C25H37N3O3. The molecule has 3 N–H and O–H groups in total. The minimum absolute atomic E-state index is 0.0101. The van der Waals surface area contributed by atoms with Gasteiger partial charge < -0.3 is 20.3 Å². The number of H-pyrrole nitrogens is 1. The molecule has 1 aliphatic rings. The Bertz CT molecular complexity index is 861. The summed E-state index contributed by atoms with van der Waals surface area (Å²) in [6.07, 6.45) is 13.3. The number of aromatic amines is 1. The lowest BCUT2D eigenvalue weighted by Crippen LogP contribution is -2.45. The molecule has 1 aromatic heterocycles. The van der Waals surface area contributed by atoms with Crippen LogP contribution in [-0.4, -0.2) is 46.0 Å². The zero-order chi connectivity index (χ0) is 22.1. The molecule has 2 aromatic rings. The maximum atomic E-state index is 13.3. The quantitative estimate of drug-likeness (QED) is 0.429. The summed E-state index contributed by atoms with van der Waals surface area (Å²) in [6.45, 7) is 2.85. The van der Waals surface area contributed by atoms with Gasteiger partial charge in [0.2, 0.25) is 5.91 Å². The van der Waals surface area contributed by atoms with Gasteiger partial charge >= 0.3 is 0 Å². The summed E-state index contributed by atoms with van der Waals surface area (Å²) in [4.78, 5) is 30.7. The molecule has 2 heterocycles. The van der Waals surface area contributed by atoms with Crippen molar-refractivity contribution in [2.75, 3.05) is 18.5 Å². The van der Waals surface area contributed by atoms with Crippen molar-refractivity contribution < 1.29 is 14.7 Å². The summed E-state index contributed by atoms with van der Waals surface area (Å²) in [5.74, 6) is -0.0874. The number of carbonyl (C=O) groups is 2. The number of aliphatic hydroxyl groups excluding tert-OH is 1. The molecule has 1 unspecified atom stereocenters. The molecule has 2 amide bonds. The molecule has 1 aromatic carbocycles. The molecule has 170 valence electrons. The van der Waals surface area contributed by atoms with Crippen LogP contribution in [0, 0.1) is 0 Å². The van der Waals surface area contributed by atoms with E-state index < -0.39 is 0 Å². The number of amides is 2. The van der Waals surface area contributed by atoms with Gasteiger partial charge in [0.05, 0.1) is 18.2 Å². The van der Waals surface area contributed by atoms with Gasteiger partial charge in [0.15, 0.2) is 0 Å². The summed E-state index contributed by atoms with van der Waals surface area (Å²) in [5.41, 5.74) is 2.05. The van der Waals surface area contributed by atoms with Crippen molar-refractivity contribution in [3.63, 3.8) is 0 Å². The van der Waals surface area contributed by atoms with Gasteiger partial charge in [-0.25, -0.2) is 0 Å². The zero-order valence-electron chi connectivity index (χ0n) is 18.8. The fourth-order valence-electron chi connectivity index (χ4n) is 4.49. The van der Waals surface area contributed by atoms with Crippen LogP contribution in [0.25, 0.3) is 10.9 Å². The number of aromatic nitrogens is 1. The second-order valence-corrected chi connectivity index (χ2v) is 8.71. The number of hydrogen-bond acceptors (Lipinski definition) is 3. The molecule has 0 spiro atoms. The first kappa shape index (κ1) is 23.3. The number of rotatable bonds is 11. The molecule has 1 saturated heterocycles. The van der Waals surface area contributed by atoms with Crippen LogP contribution in [0.4, 0.5) is 5.69 Å². The van der Waals surface area contributed by atoms with Crippen LogP contribution in [0.3, 0.4) is 0 Å². The number of benzene rings is 1. The van der Waals surface area contributed by atoms with Gasteiger partial charge in [-0.3, -0.25) is 9.59 Å². The molecular weight excluding hydrogens is 390 g/mol. The number of likely N-dealkylation sites (tertiary alicyclic amines) is 1. The fourth-order valence-corrected chi connectivity index (χ4v) is 4.49. The average molecular weight is 428 g/mol. The lowest BCUT2D eigenvalue weighted by atomic mass is 10.00. The molecule has 0 aliphatic carbocycles. The fraction of sp³-hybridized carbons (Fsp3) is 0.600. The Hall–Kier alpha value is -2.34. The number of aliphatic hydroxyl groups is 1. The van der Waals surface area contributed by atoms with Crippen molar-refractivity contribution >= 4 is 28.4 Å². The summed E-state index contributed by atoms with van der Waals surface area (Å²) in [6, 6.07) is 5.43. The van der Waals surface area contributed by atoms with E-state index in [-0.39, 0.29) is 24.5 Å². The Morgan fingerprint density at radius 3 is 2.68 bits per heavy atom. The van der Waals surface area contributed by atoms with Gasteiger partial charge in [-0.2, -0.15) is 0 Å². The number of anilines is 1. The highest BCUT2D eigenvalue weighted by Crippen LogP contribution is 2.27. The highest BCUT2D eigenvalue weighted by Gasteiger charge is 2.28. The number of nitrogens with zero attached hydrogens (tertiary/aromatic N) is 1. The first-order chi connectivity index (χ1) is 15.1. The monoisotopic (exact) mass is 427 g/mol. The third-order valence-corrected chi connectivity index (χ3v) is 6.29. The van der Waals surface area contributed by atoms with Crippen LogP contribution < -0.4 is 5.32 Å². The number of piperidine rings is 1. The zero-order valence-corrected chi connectivity index (χ0v) is 18.8. The van der Waals surface area contributed by atoms with Crippen molar-refractivity contribution in [2.24, 2.45) is 0 Å². The van der Waals surface area contributed by atoms with Gasteiger partial charge in [0.25, 0.3) is 5.91 Å². The lowest BCUT2D eigenvalue weighted by molar-refractivity contribution is -0.116. The van der Waals surface area contributed by atoms with Crippen LogP contribution >= 0.6 is 0 Å². The minimum atomic E-state index is -0.134. The number of carbonyl (C=O) groups excluding carboxylic acids is 2. The van der Waals surface area contributed by atoms with E-state index >= 15 is 0 Å². The predicted octanol–water partition coefficient (Wildman–Crippen LogP) is 5.23. The van der Waals surface area contributed by atoms with E-state index in [1.54, 1.807) is 11.0 Å². The summed E-state index contributed by atoms with van der Waals surface area (Å²) in [7, 11) is 0. The molecule has 1 aliphatic heterocycles. The van der Waals surface area contributed by atoms with Crippen molar-refractivity contribution in [1.82, 2.24) is 9.88 Å². The van der Waals surface area contributed by atoms with Crippen molar-refractivity contribution in [3.8, 4) is 0 Å². The smallest absolute Gasteiger partial charge is 0.254 e. The molecule has 6 nitrogen and oxygen atoms in total. The Morgan fingerprint density at radius 2 is 1.90 bits per heavy atom. The largest absolute Gasteiger partial charge is 0.394 e. The topological polar surface area (TPSA) is 85.4 Å². The molecule has 6 heteroatoms. The van der Waals surface area contributed by atoms with E-state index in [0.717, 1.165) is 43.0 Å². The minimum Gasteiger partial charge on any atom is -0.394 e. The molecule has 1 atom stereocenters. The lowest BCUT2D eigenvalue weighted by Gasteiger charge is -2.35. The molecule has 1 fully saturated rings. The molecule has 3 rings (SSSR count). The van der Waals surface area contributed by atoms with Crippen LogP contribution in [0.2, 0.25) is 0 Å². The second kappa shape index (κ2) is 11.9. The molecule has 31 heavy (non-hydrogen) atoms. The van der Waals surface area contributed by atoms with E-state index in [1.165, 1.54) is 32.1 Å².